The first-order valence-corrected chi connectivity index (χ1v) is 8.49. The van der Waals surface area contributed by atoms with Crippen LogP contribution in [0.4, 0.5) is 0 Å². The molecular weight excluding hydrogens is 274 g/mol. The van der Waals surface area contributed by atoms with Crippen LogP contribution in [0.5, 0.6) is 0 Å². The van der Waals surface area contributed by atoms with Gasteiger partial charge in [0.2, 0.25) is 0 Å². The molecule has 1 aliphatic rings. The van der Waals surface area contributed by atoms with Gasteiger partial charge in [-0.05, 0) is 56.8 Å². The average Bonchev–Trinajstić information content (AvgIpc) is 2.74. The molecular formula is C14H19N3S2. The molecule has 2 heterocycles. The van der Waals surface area contributed by atoms with Crippen LogP contribution in [-0.2, 0) is 0 Å². The van der Waals surface area contributed by atoms with E-state index in [9.17, 15) is 0 Å². The van der Waals surface area contributed by atoms with Gasteiger partial charge in [0, 0.05) is 17.0 Å². The molecule has 0 aromatic carbocycles. The van der Waals surface area contributed by atoms with Crippen molar-refractivity contribution in [1.82, 2.24) is 14.5 Å². The monoisotopic (exact) mass is 293 g/mol. The van der Waals surface area contributed by atoms with Gasteiger partial charge in [0.25, 0.3) is 0 Å². The number of aryl methyl sites for hydroxylation is 1. The van der Waals surface area contributed by atoms with Crippen LogP contribution in [0.3, 0.4) is 0 Å². The number of pyridine rings is 1. The third-order valence-electron chi connectivity index (χ3n) is 4.00. The van der Waals surface area contributed by atoms with Crippen LogP contribution < -0.4 is 0 Å². The first-order chi connectivity index (χ1) is 9.19. The Kier molecular flexibility index (Phi) is 3.67. The van der Waals surface area contributed by atoms with E-state index in [0.717, 1.165) is 26.9 Å². The molecule has 2 unspecified atom stereocenters. The standard InChI is InChI=1S/C14H19N3S2/c1-9-6-7-12-13(15-9)17(14(18)16-12)10-4-3-5-11(8-10)19-2/h6-7,10-11H,3-5,8H2,1-2H3,(H,16,18). The molecule has 102 valence electrons. The molecule has 3 nitrogen and oxygen atoms in total. The molecule has 0 radical (unpaired) electrons. The molecule has 1 fully saturated rings. The molecule has 2 aromatic heterocycles. The predicted octanol–water partition coefficient (Wildman–Crippen LogP) is 4.25. The molecule has 5 heteroatoms. The zero-order valence-corrected chi connectivity index (χ0v) is 13.0. The minimum atomic E-state index is 0.502. The topological polar surface area (TPSA) is 33.6 Å². The van der Waals surface area contributed by atoms with Gasteiger partial charge < -0.3 is 4.98 Å². The molecule has 1 N–H and O–H groups in total. The van der Waals surface area contributed by atoms with Gasteiger partial charge in [0.15, 0.2) is 10.4 Å². The maximum absolute atomic E-state index is 5.51. The van der Waals surface area contributed by atoms with Crippen LogP contribution in [0.25, 0.3) is 11.2 Å². The third kappa shape index (κ3) is 2.46. The Balaban J connectivity index is 2.06. The lowest BCUT2D eigenvalue weighted by molar-refractivity contribution is 0.363. The largest absolute Gasteiger partial charge is 0.329 e. The van der Waals surface area contributed by atoms with E-state index in [-0.39, 0.29) is 0 Å². The van der Waals surface area contributed by atoms with Crippen molar-refractivity contribution in [2.75, 3.05) is 6.26 Å². The van der Waals surface area contributed by atoms with E-state index in [1.54, 1.807) is 0 Å². The quantitative estimate of drug-likeness (QED) is 0.840. The predicted molar refractivity (Wildman–Crippen MR) is 84.5 cm³/mol. The van der Waals surface area contributed by atoms with Crippen LogP contribution in [-0.4, -0.2) is 26.0 Å². The van der Waals surface area contributed by atoms with E-state index in [0.29, 0.717) is 6.04 Å². The van der Waals surface area contributed by atoms with E-state index in [1.165, 1.54) is 25.7 Å². The normalized spacial score (nSPS) is 23.9. The second-order valence-electron chi connectivity index (χ2n) is 5.30. The molecule has 19 heavy (non-hydrogen) atoms. The fraction of sp³-hybridized carbons (Fsp3) is 0.571. The SMILES string of the molecule is CSC1CCCC(n2c(=S)[nH]c3ccc(C)nc32)C1. The minimum Gasteiger partial charge on any atom is -0.329 e. The Bertz CT molecular complexity index is 644. The van der Waals surface area contributed by atoms with Crippen molar-refractivity contribution < 1.29 is 0 Å². The van der Waals surface area contributed by atoms with Crippen molar-refractivity contribution in [2.24, 2.45) is 0 Å². The van der Waals surface area contributed by atoms with Gasteiger partial charge in [-0.3, -0.25) is 4.57 Å². The molecule has 3 rings (SSSR count). The molecule has 1 saturated carbocycles. The van der Waals surface area contributed by atoms with Crippen LogP contribution in [0.15, 0.2) is 12.1 Å². The zero-order chi connectivity index (χ0) is 13.4. The summed E-state index contributed by atoms with van der Waals surface area (Å²) >= 11 is 7.50. The highest BCUT2D eigenvalue weighted by molar-refractivity contribution is 7.99. The summed E-state index contributed by atoms with van der Waals surface area (Å²) in [6, 6.07) is 4.62. The van der Waals surface area contributed by atoms with Crippen molar-refractivity contribution in [2.45, 2.75) is 43.9 Å². The summed E-state index contributed by atoms with van der Waals surface area (Å²) < 4.78 is 3.07. The molecule has 0 saturated heterocycles. The molecule has 0 aliphatic heterocycles. The summed E-state index contributed by atoms with van der Waals surface area (Å²) in [5.74, 6) is 0. The van der Waals surface area contributed by atoms with Crippen LogP contribution in [0, 0.1) is 11.7 Å². The molecule has 1 aliphatic carbocycles. The van der Waals surface area contributed by atoms with Crippen LogP contribution in [0.1, 0.15) is 37.4 Å². The van der Waals surface area contributed by atoms with E-state index in [2.05, 4.69) is 26.9 Å². The van der Waals surface area contributed by atoms with Gasteiger partial charge in [-0.25, -0.2) is 4.98 Å². The Morgan fingerprint density at radius 1 is 1.42 bits per heavy atom. The zero-order valence-electron chi connectivity index (χ0n) is 11.3. The Hall–Kier alpha value is -0.810. The number of nitrogens with one attached hydrogen (secondary N) is 1. The summed E-state index contributed by atoms with van der Waals surface area (Å²) in [6.07, 6.45) is 7.26. The molecule has 0 amide bonds. The molecule has 0 spiro atoms. The summed E-state index contributed by atoms with van der Waals surface area (Å²) in [5.41, 5.74) is 3.13. The summed E-state index contributed by atoms with van der Waals surface area (Å²) in [4.78, 5) is 7.97. The lowest BCUT2D eigenvalue weighted by atomic mass is 9.95. The Morgan fingerprint density at radius 3 is 3.05 bits per heavy atom. The van der Waals surface area contributed by atoms with Gasteiger partial charge in [-0.2, -0.15) is 11.8 Å². The number of fused-ring (bicyclic) bond motifs is 1. The molecule has 2 aromatic rings. The fourth-order valence-electron chi connectivity index (χ4n) is 3.00. The molecule has 2 atom stereocenters. The number of rotatable bonds is 2. The Morgan fingerprint density at radius 2 is 2.26 bits per heavy atom. The fourth-order valence-corrected chi connectivity index (χ4v) is 4.17. The highest BCUT2D eigenvalue weighted by atomic mass is 32.2. The van der Waals surface area contributed by atoms with E-state index >= 15 is 0 Å². The lowest BCUT2D eigenvalue weighted by Crippen LogP contribution is -2.21. The maximum Gasteiger partial charge on any atom is 0.179 e. The van der Waals surface area contributed by atoms with E-state index in [1.807, 2.05) is 24.8 Å². The van der Waals surface area contributed by atoms with Gasteiger partial charge in [-0.1, -0.05) is 6.42 Å². The maximum atomic E-state index is 5.51. The highest BCUT2D eigenvalue weighted by Crippen LogP contribution is 2.35. The number of H-pyrrole nitrogens is 1. The van der Waals surface area contributed by atoms with Gasteiger partial charge in [-0.15, -0.1) is 0 Å². The number of nitrogens with zero attached hydrogens (tertiary/aromatic N) is 2. The van der Waals surface area contributed by atoms with Crippen LogP contribution >= 0.6 is 24.0 Å². The van der Waals surface area contributed by atoms with Gasteiger partial charge in [0.1, 0.15) is 0 Å². The van der Waals surface area contributed by atoms with Crippen molar-refractivity contribution in [3.63, 3.8) is 0 Å². The molecule has 0 bridgehead atoms. The highest BCUT2D eigenvalue weighted by Gasteiger charge is 2.24. The van der Waals surface area contributed by atoms with E-state index < -0.39 is 0 Å². The van der Waals surface area contributed by atoms with Crippen molar-refractivity contribution in [3.05, 3.63) is 22.6 Å². The first-order valence-electron chi connectivity index (χ1n) is 6.79. The lowest BCUT2D eigenvalue weighted by Gasteiger charge is -2.29. The number of aromatic amines is 1. The first kappa shape index (κ1) is 13.2. The minimum absolute atomic E-state index is 0.502. The number of hydrogen-bond acceptors (Lipinski definition) is 3. The van der Waals surface area contributed by atoms with Crippen molar-refractivity contribution in [1.29, 1.82) is 0 Å². The van der Waals surface area contributed by atoms with Gasteiger partial charge in [0.05, 0.1) is 5.52 Å². The second-order valence-corrected chi connectivity index (χ2v) is 6.83. The number of hydrogen-bond donors (Lipinski definition) is 1. The second kappa shape index (κ2) is 5.29. The van der Waals surface area contributed by atoms with Crippen LogP contribution in [0.2, 0.25) is 0 Å². The third-order valence-corrected chi connectivity index (χ3v) is 5.39. The van der Waals surface area contributed by atoms with Gasteiger partial charge >= 0.3 is 0 Å². The Labute approximate surface area is 122 Å². The number of imidazole rings is 1. The summed E-state index contributed by atoms with van der Waals surface area (Å²) in [5, 5.41) is 0.760. The average molecular weight is 293 g/mol. The summed E-state index contributed by atoms with van der Waals surface area (Å²) in [6.45, 7) is 2.03. The number of aromatic nitrogens is 3. The number of thioether (sulfide) groups is 1. The summed E-state index contributed by atoms with van der Waals surface area (Å²) in [7, 11) is 0. The van der Waals surface area contributed by atoms with E-state index in [4.69, 9.17) is 12.2 Å². The smallest absolute Gasteiger partial charge is 0.179 e. The van der Waals surface area contributed by atoms with Crippen molar-refractivity contribution in [3.8, 4) is 0 Å². The van der Waals surface area contributed by atoms with Crippen molar-refractivity contribution >= 4 is 35.1 Å².